The fourth-order valence-electron chi connectivity index (χ4n) is 3.35. The summed E-state index contributed by atoms with van der Waals surface area (Å²) >= 11 is 5.29. The van der Waals surface area contributed by atoms with Gasteiger partial charge in [0, 0.05) is 21.3 Å². The number of aryl methyl sites for hydroxylation is 1. The van der Waals surface area contributed by atoms with Crippen LogP contribution in [-0.4, -0.2) is 32.2 Å². The number of tetrazole rings is 1. The smallest absolute Gasteiger partial charge is 0.178 e. The fourth-order valence-corrected chi connectivity index (χ4v) is 4.86. The second-order valence-corrected chi connectivity index (χ2v) is 8.61. The molecule has 0 N–H and O–H groups in total. The topological polar surface area (TPSA) is 46.8 Å². The Kier molecular flexibility index (Phi) is 5.66. The lowest BCUT2D eigenvalue weighted by Gasteiger charge is -2.27. The summed E-state index contributed by atoms with van der Waals surface area (Å²) in [7, 11) is 2.11. The van der Waals surface area contributed by atoms with Crippen LogP contribution in [0.2, 0.25) is 0 Å². The van der Waals surface area contributed by atoms with E-state index in [9.17, 15) is 0 Å². The van der Waals surface area contributed by atoms with Gasteiger partial charge in [0.25, 0.3) is 0 Å². The van der Waals surface area contributed by atoms with E-state index in [1.165, 1.54) is 4.88 Å². The van der Waals surface area contributed by atoms with Gasteiger partial charge in [-0.1, -0.05) is 48.5 Å². The van der Waals surface area contributed by atoms with Crippen molar-refractivity contribution in [2.75, 3.05) is 7.05 Å². The summed E-state index contributed by atoms with van der Waals surface area (Å²) in [5.41, 5.74) is 3.29. The molecular formula is C21H20BrN5S. The maximum atomic E-state index is 4.43. The lowest BCUT2D eigenvalue weighted by atomic mass is 10.0. The molecule has 0 bridgehead atoms. The molecule has 0 saturated carbocycles. The van der Waals surface area contributed by atoms with Gasteiger partial charge in [0.2, 0.25) is 0 Å². The van der Waals surface area contributed by atoms with Crippen molar-refractivity contribution in [2.45, 2.75) is 19.5 Å². The van der Waals surface area contributed by atoms with E-state index in [1.807, 2.05) is 28.9 Å². The molecule has 142 valence electrons. The van der Waals surface area contributed by atoms with Crippen LogP contribution >= 0.6 is 27.3 Å². The highest BCUT2D eigenvalue weighted by Gasteiger charge is 2.27. The SMILES string of the molecule is Cc1ccccc1-n1nnnc1[C@@H](c1ccccc1)N(C)Cc1cc(Br)cs1. The molecule has 0 amide bonds. The molecule has 0 saturated heterocycles. The predicted molar refractivity (Wildman–Crippen MR) is 116 cm³/mol. The van der Waals surface area contributed by atoms with Crippen LogP contribution in [0.3, 0.4) is 0 Å². The third-order valence-electron chi connectivity index (χ3n) is 4.66. The predicted octanol–water partition coefficient (Wildman–Crippen LogP) is 5.02. The van der Waals surface area contributed by atoms with Gasteiger partial charge in [-0.05, 0) is 63.6 Å². The Bertz CT molecular complexity index is 1060. The molecular weight excluding hydrogens is 434 g/mol. The molecule has 2 aromatic carbocycles. The zero-order chi connectivity index (χ0) is 19.5. The van der Waals surface area contributed by atoms with Crippen molar-refractivity contribution in [3.05, 3.63) is 92.3 Å². The molecule has 0 radical (unpaired) electrons. The summed E-state index contributed by atoms with van der Waals surface area (Å²) in [4.78, 5) is 3.57. The van der Waals surface area contributed by atoms with Gasteiger partial charge in [0.05, 0.1) is 11.7 Å². The minimum absolute atomic E-state index is 0.0725. The Morgan fingerprint density at radius 1 is 1.11 bits per heavy atom. The number of nitrogens with zero attached hydrogens (tertiary/aromatic N) is 5. The van der Waals surface area contributed by atoms with Gasteiger partial charge in [-0.25, -0.2) is 0 Å². The number of aromatic nitrogens is 4. The Labute approximate surface area is 176 Å². The first-order chi connectivity index (χ1) is 13.6. The summed E-state index contributed by atoms with van der Waals surface area (Å²) in [6.07, 6.45) is 0. The van der Waals surface area contributed by atoms with Crippen LogP contribution in [0, 0.1) is 6.92 Å². The van der Waals surface area contributed by atoms with Crippen molar-refractivity contribution in [2.24, 2.45) is 0 Å². The zero-order valence-electron chi connectivity index (χ0n) is 15.7. The Hall–Kier alpha value is -2.35. The summed E-state index contributed by atoms with van der Waals surface area (Å²) in [6.45, 7) is 2.88. The van der Waals surface area contributed by atoms with E-state index in [0.29, 0.717) is 0 Å². The first-order valence-corrected chi connectivity index (χ1v) is 10.6. The Balaban J connectivity index is 1.77. The zero-order valence-corrected chi connectivity index (χ0v) is 18.1. The van der Waals surface area contributed by atoms with Gasteiger partial charge in [-0.2, -0.15) is 4.68 Å². The number of rotatable bonds is 6. The van der Waals surface area contributed by atoms with E-state index in [-0.39, 0.29) is 6.04 Å². The van der Waals surface area contributed by atoms with E-state index in [4.69, 9.17) is 0 Å². The van der Waals surface area contributed by atoms with E-state index < -0.39 is 0 Å². The van der Waals surface area contributed by atoms with E-state index in [1.54, 1.807) is 11.3 Å². The van der Waals surface area contributed by atoms with Gasteiger partial charge in [-0.15, -0.1) is 16.4 Å². The number of thiophene rings is 1. The van der Waals surface area contributed by atoms with Crippen LogP contribution < -0.4 is 0 Å². The summed E-state index contributed by atoms with van der Waals surface area (Å²) in [5.74, 6) is 0.804. The standard InChI is InChI=1S/C21H20BrN5S/c1-15-8-6-7-11-19(15)27-21(23-24-25-27)20(16-9-4-3-5-10-16)26(2)13-18-12-17(22)14-28-18/h3-12,14,20H,13H2,1-2H3/t20-/m1/s1. The normalized spacial score (nSPS) is 12.4. The molecule has 2 aromatic heterocycles. The molecule has 0 aliphatic heterocycles. The number of hydrogen-bond donors (Lipinski definition) is 0. The highest BCUT2D eigenvalue weighted by molar-refractivity contribution is 9.10. The maximum Gasteiger partial charge on any atom is 0.178 e. The molecule has 4 rings (SSSR count). The third-order valence-corrected chi connectivity index (χ3v) is 6.35. The highest BCUT2D eigenvalue weighted by atomic mass is 79.9. The summed E-state index contributed by atoms with van der Waals surface area (Å²) in [5, 5.41) is 14.9. The number of para-hydroxylation sites is 1. The molecule has 7 heteroatoms. The number of halogens is 1. The first-order valence-electron chi connectivity index (χ1n) is 8.96. The minimum Gasteiger partial charge on any atom is -0.288 e. The molecule has 0 spiro atoms. The van der Waals surface area contributed by atoms with Crippen molar-refractivity contribution in [3.8, 4) is 5.69 Å². The van der Waals surface area contributed by atoms with Gasteiger partial charge in [0.15, 0.2) is 5.82 Å². The summed E-state index contributed by atoms with van der Waals surface area (Å²) < 4.78 is 2.97. The van der Waals surface area contributed by atoms with Crippen molar-refractivity contribution in [1.29, 1.82) is 0 Å². The second-order valence-electron chi connectivity index (χ2n) is 6.69. The summed E-state index contributed by atoms with van der Waals surface area (Å²) in [6, 6.07) is 20.6. The second kappa shape index (κ2) is 8.34. The number of benzene rings is 2. The molecule has 0 fully saturated rings. The third kappa shape index (κ3) is 3.92. The van der Waals surface area contributed by atoms with E-state index in [0.717, 1.165) is 33.7 Å². The highest BCUT2D eigenvalue weighted by Crippen LogP contribution is 2.30. The average Bonchev–Trinajstić information content (AvgIpc) is 3.32. The molecule has 2 heterocycles. The van der Waals surface area contributed by atoms with Crippen LogP contribution in [-0.2, 0) is 6.54 Å². The van der Waals surface area contributed by atoms with E-state index in [2.05, 4.69) is 92.1 Å². The first kappa shape index (κ1) is 19.0. The minimum atomic E-state index is -0.0725. The monoisotopic (exact) mass is 453 g/mol. The van der Waals surface area contributed by atoms with Gasteiger partial charge in [0.1, 0.15) is 0 Å². The van der Waals surface area contributed by atoms with Crippen LogP contribution in [0.15, 0.2) is 70.5 Å². The molecule has 0 aliphatic carbocycles. The maximum absolute atomic E-state index is 4.43. The lowest BCUT2D eigenvalue weighted by molar-refractivity contribution is 0.260. The molecule has 1 atom stereocenters. The van der Waals surface area contributed by atoms with E-state index >= 15 is 0 Å². The molecule has 0 aliphatic rings. The van der Waals surface area contributed by atoms with Gasteiger partial charge >= 0.3 is 0 Å². The average molecular weight is 454 g/mol. The molecule has 0 unspecified atom stereocenters. The molecule has 28 heavy (non-hydrogen) atoms. The van der Waals surface area contributed by atoms with Crippen molar-refractivity contribution >= 4 is 27.3 Å². The Morgan fingerprint density at radius 3 is 2.57 bits per heavy atom. The number of hydrogen-bond acceptors (Lipinski definition) is 5. The van der Waals surface area contributed by atoms with Crippen LogP contribution in [0.1, 0.15) is 27.9 Å². The van der Waals surface area contributed by atoms with Crippen LogP contribution in [0.5, 0.6) is 0 Å². The van der Waals surface area contributed by atoms with Crippen molar-refractivity contribution in [1.82, 2.24) is 25.1 Å². The van der Waals surface area contributed by atoms with Crippen LogP contribution in [0.25, 0.3) is 5.69 Å². The largest absolute Gasteiger partial charge is 0.288 e. The van der Waals surface area contributed by atoms with Crippen molar-refractivity contribution in [3.63, 3.8) is 0 Å². The molecule has 5 nitrogen and oxygen atoms in total. The lowest BCUT2D eigenvalue weighted by Crippen LogP contribution is -2.27. The molecule has 4 aromatic rings. The van der Waals surface area contributed by atoms with Crippen molar-refractivity contribution < 1.29 is 0 Å². The fraction of sp³-hybridized carbons (Fsp3) is 0.190. The van der Waals surface area contributed by atoms with Gasteiger partial charge < -0.3 is 0 Å². The van der Waals surface area contributed by atoms with Gasteiger partial charge in [-0.3, -0.25) is 4.90 Å². The van der Waals surface area contributed by atoms with Crippen LogP contribution in [0.4, 0.5) is 0 Å². The quantitative estimate of drug-likeness (QED) is 0.411. The Morgan fingerprint density at radius 2 is 1.86 bits per heavy atom.